The van der Waals surface area contributed by atoms with Crippen LogP contribution < -0.4 is 0 Å². The molecular formula is C22H28NO2+. The maximum Gasteiger partial charge on any atom is 0.307 e. The SMILES string of the molecule is C[N+]1(C)CCC(OC(=O)CC(c2ccccc2)c2ccccc2)CC1. The summed E-state index contributed by atoms with van der Waals surface area (Å²) in [5.74, 6) is -0.0411. The topological polar surface area (TPSA) is 26.3 Å². The Labute approximate surface area is 150 Å². The van der Waals surface area contributed by atoms with Gasteiger partial charge in [-0.2, -0.15) is 0 Å². The third kappa shape index (κ3) is 4.93. The molecule has 0 unspecified atom stereocenters. The predicted octanol–water partition coefficient (Wildman–Crippen LogP) is 3.99. The molecule has 3 nitrogen and oxygen atoms in total. The molecule has 0 spiro atoms. The summed E-state index contributed by atoms with van der Waals surface area (Å²) in [7, 11) is 4.47. The molecule has 0 bridgehead atoms. The summed E-state index contributed by atoms with van der Waals surface area (Å²) in [6.45, 7) is 2.14. The number of piperidine rings is 1. The molecular weight excluding hydrogens is 310 g/mol. The molecule has 2 aromatic carbocycles. The molecule has 25 heavy (non-hydrogen) atoms. The molecule has 0 atom stereocenters. The van der Waals surface area contributed by atoms with Crippen molar-refractivity contribution >= 4 is 5.97 Å². The first-order chi connectivity index (χ1) is 12.0. The van der Waals surface area contributed by atoms with Gasteiger partial charge in [0.25, 0.3) is 0 Å². The van der Waals surface area contributed by atoms with Crippen LogP contribution in [0.1, 0.15) is 36.3 Å². The fourth-order valence-corrected chi connectivity index (χ4v) is 3.56. The van der Waals surface area contributed by atoms with E-state index in [1.54, 1.807) is 0 Å². The summed E-state index contributed by atoms with van der Waals surface area (Å²) in [4.78, 5) is 12.6. The molecule has 1 heterocycles. The minimum Gasteiger partial charge on any atom is -0.462 e. The predicted molar refractivity (Wildman–Crippen MR) is 100 cm³/mol. The highest BCUT2D eigenvalue weighted by molar-refractivity contribution is 5.71. The molecule has 0 radical (unpaired) electrons. The van der Waals surface area contributed by atoms with Crippen molar-refractivity contribution < 1.29 is 14.0 Å². The van der Waals surface area contributed by atoms with Gasteiger partial charge in [-0.3, -0.25) is 4.79 Å². The van der Waals surface area contributed by atoms with Crippen molar-refractivity contribution in [1.82, 2.24) is 0 Å². The van der Waals surface area contributed by atoms with Crippen molar-refractivity contribution in [3.05, 3.63) is 71.8 Å². The zero-order chi connectivity index (χ0) is 17.7. The van der Waals surface area contributed by atoms with Gasteiger partial charge in [-0.1, -0.05) is 60.7 Å². The van der Waals surface area contributed by atoms with E-state index in [0.717, 1.165) is 41.5 Å². The van der Waals surface area contributed by atoms with Crippen LogP contribution in [-0.2, 0) is 9.53 Å². The van der Waals surface area contributed by atoms with Crippen LogP contribution in [0.4, 0.5) is 0 Å². The van der Waals surface area contributed by atoms with E-state index >= 15 is 0 Å². The number of likely N-dealkylation sites (tertiary alicyclic amines) is 1. The number of carbonyl (C=O) groups excluding carboxylic acids is 1. The number of hydrogen-bond acceptors (Lipinski definition) is 2. The number of nitrogens with zero attached hydrogens (tertiary/aromatic N) is 1. The summed E-state index contributed by atoms with van der Waals surface area (Å²) >= 11 is 0. The van der Waals surface area contributed by atoms with Gasteiger partial charge in [0.1, 0.15) is 6.10 Å². The summed E-state index contributed by atoms with van der Waals surface area (Å²) in [5, 5.41) is 0. The Morgan fingerprint density at radius 1 is 0.960 bits per heavy atom. The standard InChI is InChI=1S/C22H28NO2/c1-23(2)15-13-20(14-16-23)25-22(24)17-21(18-9-5-3-6-10-18)19-11-7-4-8-12-19/h3-12,20-21H,13-17H2,1-2H3/q+1. The van der Waals surface area contributed by atoms with Gasteiger partial charge in [-0.25, -0.2) is 0 Å². The molecule has 1 saturated heterocycles. The Morgan fingerprint density at radius 2 is 1.44 bits per heavy atom. The van der Waals surface area contributed by atoms with Crippen molar-refractivity contribution in [2.45, 2.75) is 31.3 Å². The Bertz CT molecular complexity index is 632. The summed E-state index contributed by atoms with van der Waals surface area (Å²) in [6.07, 6.45) is 2.38. The van der Waals surface area contributed by atoms with Crippen molar-refractivity contribution in [2.75, 3.05) is 27.2 Å². The smallest absolute Gasteiger partial charge is 0.307 e. The maximum absolute atomic E-state index is 12.6. The summed E-state index contributed by atoms with van der Waals surface area (Å²) < 4.78 is 6.83. The molecule has 2 aromatic rings. The minimum atomic E-state index is -0.0880. The van der Waals surface area contributed by atoms with Crippen LogP contribution in [-0.4, -0.2) is 43.7 Å². The average Bonchev–Trinajstić information content (AvgIpc) is 2.63. The molecule has 132 valence electrons. The number of esters is 1. The first-order valence-electron chi connectivity index (χ1n) is 9.15. The second-order valence-corrected chi connectivity index (χ2v) is 7.65. The second kappa shape index (κ2) is 7.83. The lowest BCUT2D eigenvalue weighted by atomic mass is 9.88. The van der Waals surface area contributed by atoms with Crippen molar-refractivity contribution in [3.8, 4) is 0 Å². The highest BCUT2D eigenvalue weighted by atomic mass is 16.5. The van der Waals surface area contributed by atoms with Gasteiger partial charge in [0.2, 0.25) is 0 Å². The molecule has 0 amide bonds. The van der Waals surface area contributed by atoms with Gasteiger partial charge in [-0.15, -0.1) is 0 Å². The first-order valence-corrected chi connectivity index (χ1v) is 9.15. The quantitative estimate of drug-likeness (QED) is 0.609. The van der Waals surface area contributed by atoms with Crippen molar-refractivity contribution in [2.24, 2.45) is 0 Å². The number of rotatable bonds is 5. The van der Waals surface area contributed by atoms with E-state index in [1.165, 1.54) is 0 Å². The van der Waals surface area contributed by atoms with Gasteiger partial charge in [0.05, 0.1) is 33.6 Å². The van der Waals surface area contributed by atoms with Crippen LogP contribution in [0.3, 0.4) is 0 Å². The molecule has 0 saturated carbocycles. The van der Waals surface area contributed by atoms with Crippen molar-refractivity contribution in [1.29, 1.82) is 0 Å². The zero-order valence-corrected chi connectivity index (χ0v) is 15.2. The lowest BCUT2D eigenvalue weighted by Crippen LogP contribution is -2.48. The Hall–Kier alpha value is -2.13. The van der Waals surface area contributed by atoms with Gasteiger partial charge in [-0.05, 0) is 11.1 Å². The average molecular weight is 338 g/mol. The van der Waals surface area contributed by atoms with E-state index in [4.69, 9.17) is 4.74 Å². The monoisotopic (exact) mass is 338 g/mol. The third-order valence-electron chi connectivity index (χ3n) is 5.19. The van der Waals surface area contributed by atoms with Crippen LogP contribution >= 0.6 is 0 Å². The van der Waals surface area contributed by atoms with E-state index in [2.05, 4.69) is 38.4 Å². The number of hydrogen-bond donors (Lipinski definition) is 0. The lowest BCUT2D eigenvalue weighted by Gasteiger charge is -2.36. The maximum atomic E-state index is 12.6. The molecule has 3 rings (SSSR count). The first kappa shape index (κ1) is 17.7. The Morgan fingerprint density at radius 3 is 1.92 bits per heavy atom. The van der Waals surface area contributed by atoms with Crippen LogP contribution in [0.25, 0.3) is 0 Å². The second-order valence-electron chi connectivity index (χ2n) is 7.65. The molecule has 1 aliphatic heterocycles. The molecule has 1 fully saturated rings. The molecule has 0 aliphatic carbocycles. The summed E-state index contributed by atoms with van der Waals surface area (Å²) in [6, 6.07) is 20.5. The van der Waals surface area contributed by atoms with Gasteiger partial charge in [0, 0.05) is 18.8 Å². The molecule has 0 N–H and O–H groups in total. The lowest BCUT2D eigenvalue weighted by molar-refractivity contribution is -0.896. The highest BCUT2D eigenvalue weighted by Crippen LogP contribution is 2.29. The third-order valence-corrected chi connectivity index (χ3v) is 5.19. The number of quaternary nitrogens is 1. The molecule has 3 heteroatoms. The summed E-state index contributed by atoms with van der Waals surface area (Å²) in [5.41, 5.74) is 2.32. The minimum absolute atomic E-state index is 0.0470. The number of carbonyl (C=O) groups is 1. The Kier molecular flexibility index (Phi) is 5.54. The fourth-order valence-electron chi connectivity index (χ4n) is 3.56. The van der Waals surface area contributed by atoms with E-state index < -0.39 is 0 Å². The van der Waals surface area contributed by atoms with Crippen LogP contribution in [0, 0.1) is 0 Å². The van der Waals surface area contributed by atoms with Gasteiger partial charge < -0.3 is 9.22 Å². The van der Waals surface area contributed by atoms with Gasteiger partial charge >= 0.3 is 5.97 Å². The normalized spacial score (nSPS) is 17.4. The highest BCUT2D eigenvalue weighted by Gasteiger charge is 2.29. The van der Waals surface area contributed by atoms with Gasteiger partial charge in [0.15, 0.2) is 0 Å². The number of benzene rings is 2. The molecule has 1 aliphatic rings. The fraction of sp³-hybridized carbons (Fsp3) is 0.409. The van der Waals surface area contributed by atoms with Crippen LogP contribution in [0.15, 0.2) is 60.7 Å². The van der Waals surface area contributed by atoms with E-state index in [9.17, 15) is 4.79 Å². The van der Waals surface area contributed by atoms with Crippen LogP contribution in [0.2, 0.25) is 0 Å². The number of ether oxygens (including phenoxy) is 1. The zero-order valence-electron chi connectivity index (χ0n) is 15.2. The van der Waals surface area contributed by atoms with Crippen molar-refractivity contribution in [3.63, 3.8) is 0 Å². The van der Waals surface area contributed by atoms with E-state index in [0.29, 0.717) is 6.42 Å². The van der Waals surface area contributed by atoms with E-state index in [1.807, 2.05) is 36.4 Å². The van der Waals surface area contributed by atoms with E-state index in [-0.39, 0.29) is 18.0 Å². The Balaban J connectivity index is 1.67. The van der Waals surface area contributed by atoms with Crippen LogP contribution in [0.5, 0.6) is 0 Å². The molecule has 0 aromatic heterocycles. The largest absolute Gasteiger partial charge is 0.462 e.